The SMILES string of the molecule is CCOC(=O)CCCOc1ccc(-c2nc(OCc3ccccc3)cc(C(C)(C)C)n2)cc1. The van der Waals surface area contributed by atoms with E-state index in [1.807, 2.05) is 60.7 Å². The lowest BCUT2D eigenvalue weighted by atomic mass is 9.92. The van der Waals surface area contributed by atoms with Crippen LogP contribution in [0.2, 0.25) is 0 Å². The summed E-state index contributed by atoms with van der Waals surface area (Å²) in [6, 6.07) is 19.6. The summed E-state index contributed by atoms with van der Waals surface area (Å²) in [5, 5.41) is 0. The maximum atomic E-state index is 11.4. The van der Waals surface area contributed by atoms with Gasteiger partial charge in [0.05, 0.1) is 18.9 Å². The van der Waals surface area contributed by atoms with Crippen LogP contribution in [0.5, 0.6) is 11.6 Å². The Labute approximate surface area is 196 Å². The van der Waals surface area contributed by atoms with Crippen LogP contribution in [0.15, 0.2) is 60.7 Å². The Hall–Kier alpha value is -3.41. The zero-order chi connectivity index (χ0) is 23.7. The highest BCUT2D eigenvalue weighted by molar-refractivity contribution is 5.69. The molecule has 6 heteroatoms. The van der Waals surface area contributed by atoms with Crippen LogP contribution >= 0.6 is 0 Å². The molecule has 0 saturated carbocycles. The Balaban J connectivity index is 1.69. The lowest BCUT2D eigenvalue weighted by molar-refractivity contribution is -0.143. The van der Waals surface area contributed by atoms with Gasteiger partial charge in [-0.3, -0.25) is 4.79 Å². The minimum Gasteiger partial charge on any atom is -0.494 e. The molecule has 0 aliphatic carbocycles. The van der Waals surface area contributed by atoms with Crippen LogP contribution in [-0.2, 0) is 21.6 Å². The average Bonchev–Trinajstić information content (AvgIpc) is 2.81. The molecule has 3 rings (SSSR count). The molecule has 1 heterocycles. The standard InChI is InChI=1S/C27H32N2O4/c1-5-31-25(30)12-9-17-32-22-15-13-21(14-16-22)26-28-23(27(2,3)4)18-24(29-26)33-19-20-10-7-6-8-11-20/h6-8,10-11,13-16,18H,5,9,12,17,19H2,1-4H3. The summed E-state index contributed by atoms with van der Waals surface area (Å²) in [5.41, 5.74) is 2.73. The summed E-state index contributed by atoms with van der Waals surface area (Å²) in [7, 11) is 0. The Morgan fingerprint density at radius 2 is 1.67 bits per heavy atom. The second-order valence-electron chi connectivity index (χ2n) is 8.72. The van der Waals surface area contributed by atoms with Crippen LogP contribution < -0.4 is 9.47 Å². The molecular formula is C27H32N2O4. The van der Waals surface area contributed by atoms with Gasteiger partial charge in [-0.2, -0.15) is 4.98 Å². The lowest BCUT2D eigenvalue weighted by Gasteiger charge is -2.19. The number of hydrogen-bond acceptors (Lipinski definition) is 6. The average molecular weight is 449 g/mol. The van der Waals surface area contributed by atoms with Gasteiger partial charge in [-0.25, -0.2) is 4.98 Å². The maximum absolute atomic E-state index is 11.4. The van der Waals surface area contributed by atoms with E-state index in [-0.39, 0.29) is 11.4 Å². The number of carbonyl (C=O) groups excluding carboxylic acids is 1. The van der Waals surface area contributed by atoms with Crippen molar-refractivity contribution in [2.75, 3.05) is 13.2 Å². The van der Waals surface area contributed by atoms with E-state index in [0.717, 1.165) is 22.6 Å². The monoisotopic (exact) mass is 448 g/mol. The minimum absolute atomic E-state index is 0.148. The first kappa shape index (κ1) is 24.2. The lowest BCUT2D eigenvalue weighted by Crippen LogP contribution is -2.15. The normalized spacial score (nSPS) is 11.2. The minimum atomic E-state index is -0.197. The van der Waals surface area contributed by atoms with Crippen molar-refractivity contribution >= 4 is 5.97 Å². The van der Waals surface area contributed by atoms with Gasteiger partial charge < -0.3 is 14.2 Å². The zero-order valence-corrected chi connectivity index (χ0v) is 19.8. The third-order valence-electron chi connectivity index (χ3n) is 4.91. The molecule has 174 valence electrons. The molecule has 0 aliphatic rings. The van der Waals surface area contributed by atoms with Crippen LogP contribution in [0.25, 0.3) is 11.4 Å². The summed E-state index contributed by atoms with van der Waals surface area (Å²) in [6.45, 7) is 9.45. The van der Waals surface area contributed by atoms with E-state index in [0.29, 0.717) is 44.4 Å². The van der Waals surface area contributed by atoms with Crippen LogP contribution in [0.1, 0.15) is 51.8 Å². The topological polar surface area (TPSA) is 70.5 Å². The third-order valence-corrected chi connectivity index (χ3v) is 4.91. The zero-order valence-electron chi connectivity index (χ0n) is 19.8. The predicted octanol–water partition coefficient (Wildman–Crippen LogP) is 5.74. The molecule has 0 N–H and O–H groups in total. The summed E-state index contributed by atoms with van der Waals surface area (Å²) in [5.74, 6) is 1.69. The molecule has 0 unspecified atom stereocenters. The van der Waals surface area contributed by atoms with E-state index < -0.39 is 0 Å². The largest absolute Gasteiger partial charge is 0.494 e. The molecule has 6 nitrogen and oxygen atoms in total. The van der Waals surface area contributed by atoms with E-state index in [2.05, 4.69) is 25.8 Å². The second kappa shape index (κ2) is 11.5. The molecule has 33 heavy (non-hydrogen) atoms. The molecule has 0 spiro atoms. The first-order chi connectivity index (χ1) is 15.8. The third kappa shape index (κ3) is 7.59. The fourth-order valence-electron chi connectivity index (χ4n) is 3.08. The summed E-state index contributed by atoms with van der Waals surface area (Å²) in [4.78, 5) is 20.8. The molecule has 2 aromatic carbocycles. The highest BCUT2D eigenvalue weighted by atomic mass is 16.5. The van der Waals surface area contributed by atoms with Gasteiger partial charge in [0.1, 0.15) is 12.4 Å². The van der Waals surface area contributed by atoms with E-state index in [4.69, 9.17) is 19.2 Å². The number of esters is 1. The highest BCUT2D eigenvalue weighted by Crippen LogP contribution is 2.28. The number of ether oxygens (including phenoxy) is 3. The van der Waals surface area contributed by atoms with Gasteiger partial charge in [0.15, 0.2) is 5.82 Å². The fourth-order valence-corrected chi connectivity index (χ4v) is 3.08. The van der Waals surface area contributed by atoms with Gasteiger partial charge >= 0.3 is 5.97 Å². The van der Waals surface area contributed by atoms with Crippen LogP contribution in [0, 0.1) is 0 Å². The smallest absolute Gasteiger partial charge is 0.305 e. The van der Waals surface area contributed by atoms with Crippen molar-refractivity contribution in [2.45, 2.75) is 52.6 Å². The van der Waals surface area contributed by atoms with Crippen molar-refractivity contribution in [1.82, 2.24) is 9.97 Å². The number of benzene rings is 2. The van der Waals surface area contributed by atoms with Crippen LogP contribution in [0.4, 0.5) is 0 Å². The molecule has 1 aromatic heterocycles. The first-order valence-electron chi connectivity index (χ1n) is 11.3. The Kier molecular flexibility index (Phi) is 8.41. The highest BCUT2D eigenvalue weighted by Gasteiger charge is 2.19. The van der Waals surface area contributed by atoms with Gasteiger partial charge in [-0.05, 0) is 43.2 Å². The van der Waals surface area contributed by atoms with Crippen molar-refractivity contribution < 1.29 is 19.0 Å². The van der Waals surface area contributed by atoms with Crippen LogP contribution in [-0.4, -0.2) is 29.2 Å². The summed E-state index contributed by atoms with van der Waals surface area (Å²) >= 11 is 0. The summed E-state index contributed by atoms with van der Waals surface area (Å²) in [6.07, 6.45) is 0.963. The Morgan fingerprint density at radius 1 is 0.939 bits per heavy atom. The first-order valence-corrected chi connectivity index (χ1v) is 11.3. The van der Waals surface area contributed by atoms with Crippen molar-refractivity contribution in [1.29, 1.82) is 0 Å². The number of hydrogen-bond donors (Lipinski definition) is 0. The van der Waals surface area contributed by atoms with E-state index in [9.17, 15) is 4.79 Å². The van der Waals surface area contributed by atoms with E-state index in [1.54, 1.807) is 6.92 Å². The number of rotatable bonds is 10. The van der Waals surface area contributed by atoms with Gasteiger partial charge in [0, 0.05) is 23.5 Å². The Morgan fingerprint density at radius 3 is 2.33 bits per heavy atom. The number of aromatic nitrogens is 2. The van der Waals surface area contributed by atoms with Crippen molar-refractivity contribution in [3.8, 4) is 23.0 Å². The Bertz CT molecular complexity index is 1030. The quantitative estimate of drug-likeness (QED) is 0.291. The molecule has 0 bridgehead atoms. The van der Waals surface area contributed by atoms with Gasteiger partial charge in [0.2, 0.25) is 5.88 Å². The molecular weight excluding hydrogens is 416 g/mol. The molecule has 0 fully saturated rings. The molecule has 0 aliphatic heterocycles. The van der Waals surface area contributed by atoms with Crippen LogP contribution in [0.3, 0.4) is 0 Å². The fraction of sp³-hybridized carbons (Fsp3) is 0.370. The molecule has 0 amide bonds. The number of carbonyl (C=O) groups is 1. The van der Waals surface area contributed by atoms with Crippen molar-refractivity contribution in [3.63, 3.8) is 0 Å². The van der Waals surface area contributed by atoms with E-state index in [1.165, 1.54) is 0 Å². The van der Waals surface area contributed by atoms with Crippen molar-refractivity contribution in [2.24, 2.45) is 0 Å². The molecule has 0 saturated heterocycles. The molecule has 3 aromatic rings. The van der Waals surface area contributed by atoms with Crippen molar-refractivity contribution in [3.05, 3.63) is 71.9 Å². The maximum Gasteiger partial charge on any atom is 0.305 e. The second-order valence-corrected chi connectivity index (χ2v) is 8.72. The van der Waals surface area contributed by atoms with E-state index >= 15 is 0 Å². The summed E-state index contributed by atoms with van der Waals surface area (Å²) < 4.78 is 16.7. The van der Waals surface area contributed by atoms with Gasteiger partial charge in [-0.15, -0.1) is 0 Å². The number of nitrogens with zero attached hydrogens (tertiary/aromatic N) is 2. The van der Waals surface area contributed by atoms with Gasteiger partial charge in [-0.1, -0.05) is 51.1 Å². The molecule has 0 atom stereocenters. The predicted molar refractivity (Wildman–Crippen MR) is 128 cm³/mol. The van der Waals surface area contributed by atoms with Gasteiger partial charge in [0.25, 0.3) is 0 Å². The molecule has 0 radical (unpaired) electrons.